The molecule has 1 atom stereocenters. The summed E-state index contributed by atoms with van der Waals surface area (Å²) in [4.78, 5) is 0. The molecule has 1 aliphatic rings. The van der Waals surface area contributed by atoms with Crippen LogP contribution in [0.15, 0.2) is 34.8 Å². The van der Waals surface area contributed by atoms with Gasteiger partial charge in [0.15, 0.2) is 0 Å². The molecule has 1 aromatic rings. The van der Waals surface area contributed by atoms with E-state index in [1.165, 1.54) is 11.1 Å². The van der Waals surface area contributed by atoms with Gasteiger partial charge < -0.3 is 10.1 Å². The molecule has 0 bridgehead atoms. The van der Waals surface area contributed by atoms with Crippen molar-refractivity contribution in [2.45, 2.75) is 6.04 Å². The summed E-state index contributed by atoms with van der Waals surface area (Å²) in [5, 5.41) is 3.88. The maximum absolute atomic E-state index is 5.80. The van der Waals surface area contributed by atoms with Crippen LogP contribution < -0.4 is 10.1 Å². The molecule has 0 saturated heterocycles. The standard InChI is InChI=1S/C11H11Cl2NO/c12-5-8(13)6-14-10-7-15-11-4-2-1-3-9(10)11/h1-5,10,14H,6-7H2. The third-order valence-corrected chi connectivity index (χ3v) is 2.95. The molecule has 80 valence electrons. The molecule has 1 unspecified atom stereocenters. The number of hydrogen-bond acceptors (Lipinski definition) is 2. The van der Waals surface area contributed by atoms with E-state index in [9.17, 15) is 0 Å². The molecule has 4 heteroatoms. The molecule has 2 rings (SSSR count). The summed E-state index contributed by atoms with van der Waals surface area (Å²) in [6.45, 7) is 1.21. The summed E-state index contributed by atoms with van der Waals surface area (Å²) in [5.41, 5.74) is 2.55. The van der Waals surface area contributed by atoms with Gasteiger partial charge in [0.25, 0.3) is 0 Å². The van der Waals surface area contributed by atoms with Crippen molar-refractivity contribution in [3.05, 3.63) is 40.4 Å². The van der Waals surface area contributed by atoms with Crippen molar-refractivity contribution in [2.24, 2.45) is 0 Å². The van der Waals surface area contributed by atoms with E-state index in [0.29, 0.717) is 18.2 Å². The summed E-state index contributed by atoms with van der Waals surface area (Å²) in [5.74, 6) is 0.945. The molecule has 1 aliphatic heterocycles. The minimum atomic E-state index is 0.201. The van der Waals surface area contributed by atoms with Crippen molar-refractivity contribution >= 4 is 23.2 Å². The number of rotatable bonds is 3. The van der Waals surface area contributed by atoms with Crippen LogP contribution in [0.1, 0.15) is 11.6 Å². The lowest BCUT2D eigenvalue weighted by atomic mass is 10.1. The fourth-order valence-corrected chi connectivity index (χ4v) is 1.75. The highest BCUT2D eigenvalue weighted by Gasteiger charge is 2.22. The molecule has 0 spiro atoms. The molecular weight excluding hydrogens is 233 g/mol. The first-order valence-corrected chi connectivity index (χ1v) is 5.52. The molecule has 1 N–H and O–H groups in total. The Bertz CT molecular complexity index is 379. The van der Waals surface area contributed by atoms with Gasteiger partial charge in [-0.3, -0.25) is 0 Å². The number of hydrogen-bond donors (Lipinski definition) is 1. The molecule has 0 aliphatic carbocycles. The second kappa shape index (κ2) is 4.88. The first kappa shape index (κ1) is 10.8. The van der Waals surface area contributed by atoms with Crippen LogP contribution >= 0.6 is 23.2 Å². The lowest BCUT2D eigenvalue weighted by Gasteiger charge is -2.10. The number of halogens is 2. The Hall–Kier alpha value is -0.700. The van der Waals surface area contributed by atoms with Gasteiger partial charge >= 0.3 is 0 Å². The second-order valence-corrected chi connectivity index (χ2v) is 4.04. The maximum Gasteiger partial charge on any atom is 0.124 e. The second-order valence-electron chi connectivity index (χ2n) is 3.34. The predicted molar refractivity (Wildman–Crippen MR) is 62.5 cm³/mol. The normalized spacial score (nSPS) is 19.9. The molecule has 1 aromatic carbocycles. The fraction of sp³-hybridized carbons (Fsp3) is 0.273. The summed E-state index contributed by atoms with van der Waals surface area (Å²) in [7, 11) is 0. The Balaban J connectivity index is 2.02. The lowest BCUT2D eigenvalue weighted by Crippen LogP contribution is -2.23. The average Bonchev–Trinajstić information content (AvgIpc) is 2.69. The molecule has 0 saturated carbocycles. The van der Waals surface area contributed by atoms with Gasteiger partial charge in [0.2, 0.25) is 0 Å². The molecule has 2 nitrogen and oxygen atoms in total. The van der Waals surface area contributed by atoms with Crippen LogP contribution in [0.2, 0.25) is 0 Å². The zero-order valence-corrected chi connectivity index (χ0v) is 9.55. The average molecular weight is 244 g/mol. The van der Waals surface area contributed by atoms with Crippen molar-refractivity contribution in [2.75, 3.05) is 13.2 Å². The summed E-state index contributed by atoms with van der Waals surface area (Å²) in [6.07, 6.45) is 0. The van der Waals surface area contributed by atoms with E-state index in [0.717, 1.165) is 5.75 Å². The van der Waals surface area contributed by atoms with Crippen molar-refractivity contribution in [3.63, 3.8) is 0 Å². The molecule has 0 fully saturated rings. The van der Waals surface area contributed by atoms with Crippen LogP contribution in [0.3, 0.4) is 0 Å². The van der Waals surface area contributed by atoms with Crippen molar-refractivity contribution in [1.82, 2.24) is 5.32 Å². The maximum atomic E-state index is 5.80. The van der Waals surface area contributed by atoms with Gasteiger partial charge in [0, 0.05) is 22.7 Å². The minimum absolute atomic E-state index is 0.201. The Morgan fingerprint density at radius 3 is 3.13 bits per heavy atom. The molecule has 0 radical (unpaired) electrons. The first-order chi connectivity index (χ1) is 7.31. The van der Waals surface area contributed by atoms with Gasteiger partial charge in [-0.05, 0) is 6.07 Å². The third kappa shape index (κ3) is 2.46. The number of benzene rings is 1. The van der Waals surface area contributed by atoms with E-state index >= 15 is 0 Å². The van der Waals surface area contributed by atoms with Crippen LogP contribution in [-0.2, 0) is 0 Å². The number of fused-ring (bicyclic) bond motifs is 1. The highest BCUT2D eigenvalue weighted by atomic mass is 35.5. The zero-order valence-electron chi connectivity index (χ0n) is 8.04. The van der Waals surface area contributed by atoms with E-state index in [-0.39, 0.29) is 6.04 Å². The Morgan fingerprint density at radius 2 is 2.33 bits per heavy atom. The first-order valence-electron chi connectivity index (χ1n) is 4.71. The Morgan fingerprint density at radius 1 is 1.53 bits per heavy atom. The van der Waals surface area contributed by atoms with Crippen LogP contribution in [0.5, 0.6) is 5.75 Å². The van der Waals surface area contributed by atoms with Crippen LogP contribution in [0, 0.1) is 0 Å². The van der Waals surface area contributed by atoms with Crippen LogP contribution in [0.25, 0.3) is 0 Å². The molecule has 0 amide bonds. The largest absolute Gasteiger partial charge is 0.491 e. The van der Waals surface area contributed by atoms with E-state index in [2.05, 4.69) is 11.4 Å². The molecule has 15 heavy (non-hydrogen) atoms. The summed E-state index contributed by atoms with van der Waals surface area (Å²) < 4.78 is 5.52. The smallest absolute Gasteiger partial charge is 0.124 e. The van der Waals surface area contributed by atoms with Crippen molar-refractivity contribution in [3.8, 4) is 5.75 Å². The van der Waals surface area contributed by atoms with Gasteiger partial charge in [-0.15, -0.1) is 0 Å². The topological polar surface area (TPSA) is 21.3 Å². The zero-order chi connectivity index (χ0) is 10.7. The molecular formula is C11H11Cl2NO. The highest BCUT2D eigenvalue weighted by Crippen LogP contribution is 2.31. The van der Waals surface area contributed by atoms with Gasteiger partial charge in [-0.25, -0.2) is 0 Å². The Kier molecular flexibility index (Phi) is 3.52. The fourth-order valence-electron chi connectivity index (χ4n) is 1.59. The van der Waals surface area contributed by atoms with Crippen molar-refractivity contribution in [1.29, 1.82) is 0 Å². The van der Waals surface area contributed by atoms with Gasteiger partial charge in [0.05, 0.1) is 6.04 Å². The predicted octanol–water partition coefficient (Wildman–Crippen LogP) is 3.03. The van der Waals surface area contributed by atoms with E-state index in [4.69, 9.17) is 27.9 Å². The quantitative estimate of drug-likeness (QED) is 0.882. The SMILES string of the molecule is ClC=C(Cl)CNC1COc2ccccc21. The summed E-state index contributed by atoms with van der Waals surface area (Å²) >= 11 is 11.3. The van der Waals surface area contributed by atoms with E-state index < -0.39 is 0 Å². The number of ether oxygens (including phenoxy) is 1. The minimum Gasteiger partial charge on any atom is -0.491 e. The van der Waals surface area contributed by atoms with Gasteiger partial charge in [-0.2, -0.15) is 0 Å². The van der Waals surface area contributed by atoms with Crippen LogP contribution in [-0.4, -0.2) is 13.2 Å². The molecule has 1 heterocycles. The van der Waals surface area contributed by atoms with Gasteiger partial charge in [-0.1, -0.05) is 41.4 Å². The monoisotopic (exact) mass is 243 g/mol. The number of para-hydroxylation sites is 1. The number of nitrogens with one attached hydrogen (secondary N) is 1. The third-order valence-electron chi connectivity index (χ3n) is 2.34. The van der Waals surface area contributed by atoms with E-state index in [1.807, 2.05) is 18.2 Å². The lowest BCUT2D eigenvalue weighted by molar-refractivity contribution is 0.315. The van der Waals surface area contributed by atoms with E-state index in [1.54, 1.807) is 0 Å². The van der Waals surface area contributed by atoms with Crippen molar-refractivity contribution < 1.29 is 4.74 Å². The molecule has 0 aromatic heterocycles. The summed E-state index contributed by atoms with van der Waals surface area (Å²) in [6, 6.07) is 8.19. The van der Waals surface area contributed by atoms with Crippen LogP contribution in [0.4, 0.5) is 0 Å². The Labute approximate surface area is 98.8 Å². The van der Waals surface area contributed by atoms with Gasteiger partial charge in [0.1, 0.15) is 12.4 Å². The highest BCUT2D eigenvalue weighted by molar-refractivity contribution is 6.36.